The number of nitrogens with zero attached hydrogens (tertiary/aromatic N) is 4. The Bertz CT molecular complexity index is 1010. The number of carbonyl (C=O) groups excluding carboxylic acids is 1. The van der Waals surface area contributed by atoms with E-state index in [2.05, 4.69) is 9.88 Å². The maximum absolute atomic E-state index is 13.4. The SMILES string of the molecule is Cc1cc(C(=O)N2CCCCC2C(=O)O)c2nc(N3CCCCC3)cc(=O)n2c1. The summed E-state index contributed by atoms with van der Waals surface area (Å²) in [6, 6.07) is 2.39. The van der Waals surface area contributed by atoms with Crippen molar-refractivity contribution in [1.29, 1.82) is 0 Å². The standard InChI is InChI=1S/C21H26N4O4/c1-14-11-15(20(27)24-10-6-3-7-16(24)21(28)29)19-22-17(12-18(26)25(19)13-14)23-8-4-2-5-9-23/h11-13,16H,2-10H2,1H3,(H,28,29). The number of carboxylic acid groups (broad SMARTS) is 1. The van der Waals surface area contributed by atoms with Gasteiger partial charge < -0.3 is 14.9 Å². The van der Waals surface area contributed by atoms with E-state index in [0.717, 1.165) is 50.8 Å². The van der Waals surface area contributed by atoms with Crippen LogP contribution >= 0.6 is 0 Å². The lowest BCUT2D eigenvalue weighted by Crippen LogP contribution is -2.48. The first-order chi connectivity index (χ1) is 14.0. The first-order valence-corrected chi connectivity index (χ1v) is 10.3. The molecule has 2 saturated heterocycles. The molecule has 1 N–H and O–H groups in total. The molecule has 0 aliphatic carbocycles. The van der Waals surface area contributed by atoms with E-state index in [1.165, 1.54) is 15.4 Å². The van der Waals surface area contributed by atoms with Crippen LogP contribution in [0.15, 0.2) is 23.1 Å². The maximum Gasteiger partial charge on any atom is 0.326 e. The highest BCUT2D eigenvalue weighted by Crippen LogP contribution is 2.23. The number of fused-ring (bicyclic) bond motifs is 1. The van der Waals surface area contributed by atoms with E-state index in [9.17, 15) is 19.5 Å². The van der Waals surface area contributed by atoms with E-state index in [1.54, 1.807) is 12.3 Å². The van der Waals surface area contributed by atoms with Crippen molar-refractivity contribution in [1.82, 2.24) is 14.3 Å². The summed E-state index contributed by atoms with van der Waals surface area (Å²) in [7, 11) is 0. The molecule has 0 spiro atoms. The fourth-order valence-corrected chi connectivity index (χ4v) is 4.36. The van der Waals surface area contributed by atoms with Gasteiger partial charge in [0.25, 0.3) is 11.5 Å². The lowest BCUT2D eigenvalue weighted by molar-refractivity contribution is -0.143. The quantitative estimate of drug-likeness (QED) is 0.851. The number of aromatic nitrogens is 2. The number of hydrogen-bond donors (Lipinski definition) is 1. The minimum absolute atomic E-state index is 0.234. The van der Waals surface area contributed by atoms with Gasteiger partial charge in [-0.2, -0.15) is 0 Å². The average molecular weight is 398 g/mol. The van der Waals surface area contributed by atoms with Gasteiger partial charge in [0.1, 0.15) is 11.9 Å². The summed E-state index contributed by atoms with van der Waals surface area (Å²) in [5.41, 5.74) is 1.10. The number of aliphatic carboxylic acids is 1. The van der Waals surface area contributed by atoms with E-state index in [0.29, 0.717) is 24.4 Å². The van der Waals surface area contributed by atoms with Crippen LogP contribution in [0.25, 0.3) is 5.65 Å². The first kappa shape index (κ1) is 19.4. The molecule has 1 atom stereocenters. The van der Waals surface area contributed by atoms with E-state index in [1.807, 2.05) is 6.92 Å². The smallest absolute Gasteiger partial charge is 0.326 e. The van der Waals surface area contributed by atoms with Crippen LogP contribution in [0.1, 0.15) is 54.4 Å². The van der Waals surface area contributed by atoms with Gasteiger partial charge in [0, 0.05) is 31.9 Å². The second kappa shape index (κ2) is 7.85. The van der Waals surface area contributed by atoms with Crippen molar-refractivity contribution in [2.24, 2.45) is 0 Å². The number of pyridine rings is 1. The third-order valence-electron chi connectivity index (χ3n) is 5.84. The number of likely N-dealkylation sites (tertiary alicyclic amines) is 1. The van der Waals surface area contributed by atoms with Gasteiger partial charge in [-0.05, 0) is 57.1 Å². The normalized spacial score (nSPS) is 20.1. The van der Waals surface area contributed by atoms with Crippen molar-refractivity contribution in [2.45, 2.75) is 51.5 Å². The molecule has 1 amide bonds. The van der Waals surface area contributed by atoms with Crippen molar-refractivity contribution >= 4 is 23.3 Å². The Morgan fingerprint density at radius 1 is 1.07 bits per heavy atom. The van der Waals surface area contributed by atoms with Crippen molar-refractivity contribution in [3.8, 4) is 0 Å². The molecular formula is C21H26N4O4. The molecule has 0 bridgehead atoms. The largest absolute Gasteiger partial charge is 0.480 e. The monoisotopic (exact) mass is 398 g/mol. The van der Waals surface area contributed by atoms with Crippen LogP contribution in [-0.4, -0.2) is 56.9 Å². The molecule has 154 valence electrons. The maximum atomic E-state index is 13.4. The van der Waals surface area contributed by atoms with Gasteiger partial charge in [0.05, 0.1) is 5.56 Å². The third kappa shape index (κ3) is 3.71. The summed E-state index contributed by atoms with van der Waals surface area (Å²) < 4.78 is 1.40. The molecule has 1 unspecified atom stereocenters. The highest BCUT2D eigenvalue weighted by atomic mass is 16.4. The molecule has 0 radical (unpaired) electrons. The molecule has 2 aliphatic rings. The van der Waals surface area contributed by atoms with Gasteiger partial charge in [-0.15, -0.1) is 0 Å². The Balaban J connectivity index is 1.82. The van der Waals surface area contributed by atoms with E-state index >= 15 is 0 Å². The molecule has 8 heteroatoms. The zero-order valence-corrected chi connectivity index (χ0v) is 16.6. The van der Waals surface area contributed by atoms with Crippen LogP contribution in [0.4, 0.5) is 5.82 Å². The summed E-state index contributed by atoms with van der Waals surface area (Å²) in [5, 5.41) is 9.56. The van der Waals surface area contributed by atoms with E-state index < -0.39 is 12.0 Å². The zero-order chi connectivity index (χ0) is 20.5. The molecule has 0 saturated carbocycles. The average Bonchev–Trinajstić information content (AvgIpc) is 2.73. The number of piperidine rings is 2. The van der Waals surface area contributed by atoms with Gasteiger partial charge in [0.2, 0.25) is 0 Å². The fourth-order valence-electron chi connectivity index (χ4n) is 4.36. The van der Waals surface area contributed by atoms with Crippen molar-refractivity contribution in [3.63, 3.8) is 0 Å². The summed E-state index contributed by atoms with van der Waals surface area (Å²) in [5.74, 6) is -0.781. The molecule has 2 aliphatic heterocycles. The lowest BCUT2D eigenvalue weighted by Gasteiger charge is -2.33. The molecule has 4 rings (SSSR count). The van der Waals surface area contributed by atoms with Gasteiger partial charge in [0.15, 0.2) is 5.65 Å². The number of amides is 1. The Kier molecular flexibility index (Phi) is 5.25. The highest BCUT2D eigenvalue weighted by molar-refractivity contribution is 6.01. The van der Waals surface area contributed by atoms with Crippen molar-refractivity contribution < 1.29 is 14.7 Å². The van der Waals surface area contributed by atoms with Gasteiger partial charge in [-0.25, -0.2) is 9.78 Å². The minimum atomic E-state index is -0.992. The van der Waals surface area contributed by atoms with Crippen LogP contribution < -0.4 is 10.5 Å². The topological polar surface area (TPSA) is 95.2 Å². The lowest BCUT2D eigenvalue weighted by atomic mass is 10.0. The third-order valence-corrected chi connectivity index (χ3v) is 5.84. The Hall–Kier alpha value is -2.90. The van der Waals surface area contributed by atoms with Crippen molar-refractivity contribution in [2.75, 3.05) is 24.5 Å². The predicted molar refractivity (Wildman–Crippen MR) is 109 cm³/mol. The molecule has 2 aromatic rings. The Morgan fingerprint density at radius 3 is 2.52 bits per heavy atom. The van der Waals surface area contributed by atoms with Gasteiger partial charge >= 0.3 is 5.97 Å². The highest BCUT2D eigenvalue weighted by Gasteiger charge is 2.33. The van der Waals surface area contributed by atoms with Gasteiger partial charge in [-0.3, -0.25) is 14.0 Å². The summed E-state index contributed by atoms with van der Waals surface area (Å²) in [6.45, 7) is 3.88. The minimum Gasteiger partial charge on any atom is -0.480 e. The van der Waals surface area contributed by atoms with Crippen LogP contribution in [-0.2, 0) is 4.79 Å². The number of hydrogen-bond acceptors (Lipinski definition) is 5. The van der Waals surface area contributed by atoms with Crippen LogP contribution in [0.5, 0.6) is 0 Å². The number of carboxylic acids is 1. The molecule has 2 fully saturated rings. The van der Waals surface area contributed by atoms with Crippen molar-refractivity contribution in [3.05, 3.63) is 39.8 Å². The molecular weight excluding hydrogens is 372 g/mol. The Morgan fingerprint density at radius 2 is 1.79 bits per heavy atom. The predicted octanol–water partition coefficient (Wildman–Crippen LogP) is 2.07. The number of aryl methyl sites for hydroxylation is 1. The van der Waals surface area contributed by atoms with E-state index in [-0.39, 0.29) is 17.0 Å². The number of anilines is 1. The number of carbonyl (C=O) groups is 2. The molecule has 8 nitrogen and oxygen atoms in total. The molecule has 29 heavy (non-hydrogen) atoms. The zero-order valence-electron chi connectivity index (χ0n) is 16.6. The summed E-state index contributed by atoms with van der Waals surface area (Å²) in [6.07, 6.45) is 6.93. The number of rotatable bonds is 3. The van der Waals surface area contributed by atoms with Crippen LogP contribution in [0.3, 0.4) is 0 Å². The fraction of sp³-hybridized carbons (Fsp3) is 0.524. The van der Waals surface area contributed by atoms with Crippen LogP contribution in [0, 0.1) is 6.92 Å². The van der Waals surface area contributed by atoms with E-state index in [4.69, 9.17) is 0 Å². The molecule has 4 heterocycles. The van der Waals surface area contributed by atoms with Gasteiger partial charge in [-0.1, -0.05) is 0 Å². The second-order valence-electron chi connectivity index (χ2n) is 7.97. The Labute approximate surface area is 168 Å². The summed E-state index contributed by atoms with van der Waals surface area (Å²) in [4.78, 5) is 46.0. The molecule has 2 aromatic heterocycles. The molecule has 0 aromatic carbocycles. The first-order valence-electron chi connectivity index (χ1n) is 10.3. The second-order valence-corrected chi connectivity index (χ2v) is 7.97. The van der Waals surface area contributed by atoms with Crippen LogP contribution in [0.2, 0.25) is 0 Å². The summed E-state index contributed by atoms with van der Waals surface area (Å²) >= 11 is 0.